The number of rotatable bonds is 10. The molecule has 0 saturated heterocycles. The molecule has 0 aliphatic carbocycles. The third kappa shape index (κ3) is 6.72. The number of ether oxygens (including phenoxy) is 2. The molecule has 8 heteroatoms. The summed E-state index contributed by atoms with van der Waals surface area (Å²) in [6, 6.07) is 19.2. The number of hydrogen-bond acceptors (Lipinski definition) is 6. The van der Waals surface area contributed by atoms with E-state index >= 15 is 0 Å². The van der Waals surface area contributed by atoms with E-state index in [1.54, 1.807) is 18.3 Å². The molecule has 0 unspecified atom stereocenters. The summed E-state index contributed by atoms with van der Waals surface area (Å²) in [5.41, 5.74) is 5.32. The van der Waals surface area contributed by atoms with Gasteiger partial charge in [0.15, 0.2) is 0 Å². The highest BCUT2D eigenvalue weighted by Gasteiger charge is 2.04. The van der Waals surface area contributed by atoms with Crippen molar-refractivity contribution in [1.82, 2.24) is 0 Å². The highest BCUT2D eigenvalue weighted by molar-refractivity contribution is 6.31. The molecule has 1 N–H and O–H groups in total. The van der Waals surface area contributed by atoms with Gasteiger partial charge in [0, 0.05) is 29.1 Å². The van der Waals surface area contributed by atoms with Crippen LogP contribution < -0.4 is 14.9 Å². The van der Waals surface area contributed by atoms with Crippen molar-refractivity contribution in [2.75, 3.05) is 18.6 Å². The van der Waals surface area contributed by atoms with Crippen LogP contribution in [0.1, 0.15) is 17.5 Å². The number of benzene rings is 3. The minimum absolute atomic E-state index is 0.0310. The summed E-state index contributed by atoms with van der Waals surface area (Å²) >= 11 is 6.02. The van der Waals surface area contributed by atoms with E-state index in [2.05, 4.69) is 10.5 Å². The number of non-ortho nitro benzene ring substituents is 1. The molecule has 0 atom stereocenters. The van der Waals surface area contributed by atoms with Gasteiger partial charge in [0.05, 0.1) is 30.0 Å². The SMILES string of the molecule is Cc1cc(OCCCOc2ccccc2/C=N/Nc2ccc([N+](=O)[O-])cc2)ccc1Cl. The van der Waals surface area contributed by atoms with E-state index in [1.165, 1.54) is 12.1 Å². The first kappa shape index (κ1) is 22.1. The molecule has 3 rings (SSSR count). The second-order valence-electron chi connectivity index (χ2n) is 6.67. The topological polar surface area (TPSA) is 86.0 Å². The van der Waals surface area contributed by atoms with Crippen molar-refractivity contribution >= 4 is 29.2 Å². The van der Waals surface area contributed by atoms with E-state index in [1.807, 2.05) is 49.4 Å². The zero-order chi connectivity index (χ0) is 22.1. The van der Waals surface area contributed by atoms with Crippen molar-refractivity contribution in [1.29, 1.82) is 0 Å². The number of hydrazone groups is 1. The highest BCUT2D eigenvalue weighted by atomic mass is 35.5. The Morgan fingerprint density at radius 2 is 1.81 bits per heavy atom. The predicted octanol–water partition coefficient (Wildman–Crippen LogP) is 5.85. The molecule has 7 nitrogen and oxygen atoms in total. The summed E-state index contributed by atoms with van der Waals surface area (Å²) in [6.07, 6.45) is 2.36. The van der Waals surface area contributed by atoms with Gasteiger partial charge in [0.1, 0.15) is 11.5 Å². The van der Waals surface area contributed by atoms with Gasteiger partial charge < -0.3 is 9.47 Å². The summed E-state index contributed by atoms with van der Waals surface area (Å²) < 4.78 is 11.6. The molecular weight excluding hydrogens is 418 g/mol. The van der Waals surface area contributed by atoms with Gasteiger partial charge in [0.25, 0.3) is 5.69 Å². The van der Waals surface area contributed by atoms with Crippen LogP contribution in [0.3, 0.4) is 0 Å². The number of nitrogens with zero attached hydrogens (tertiary/aromatic N) is 2. The minimum atomic E-state index is -0.442. The number of aryl methyl sites for hydroxylation is 1. The van der Waals surface area contributed by atoms with Crippen LogP contribution in [0.25, 0.3) is 0 Å². The van der Waals surface area contributed by atoms with Gasteiger partial charge >= 0.3 is 0 Å². The normalized spacial score (nSPS) is 10.8. The van der Waals surface area contributed by atoms with Crippen LogP contribution in [0.2, 0.25) is 5.02 Å². The molecule has 31 heavy (non-hydrogen) atoms. The summed E-state index contributed by atoms with van der Waals surface area (Å²) in [4.78, 5) is 10.3. The van der Waals surface area contributed by atoms with E-state index in [4.69, 9.17) is 21.1 Å². The molecule has 0 saturated carbocycles. The van der Waals surface area contributed by atoms with Crippen LogP contribution in [0.5, 0.6) is 11.5 Å². The van der Waals surface area contributed by atoms with E-state index in [0.29, 0.717) is 31.1 Å². The van der Waals surface area contributed by atoms with Crippen molar-refractivity contribution < 1.29 is 14.4 Å². The second-order valence-corrected chi connectivity index (χ2v) is 7.08. The maximum absolute atomic E-state index is 10.7. The van der Waals surface area contributed by atoms with E-state index in [9.17, 15) is 10.1 Å². The molecule has 0 amide bonds. The van der Waals surface area contributed by atoms with Crippen LogP contribution in [-0.4, -0.2) is 24.4 Å². The Morgan fingerprint density at radius 3 is 2.55 bits per heavy atom. The Balaban J connectivity index is 1.47. The number of nitrogens with one attached hydrogen (secondary N) is 1. The van der Waals surface area contributed by atoms with Gasteiger partial charge in [-0.2, -0.15) is 5.10 Å². The lowest BCUT2D eigenvalue weighted by Gasteiger charge is -2.10. The van der Waals surface area contributed by atoms with Gasteiger partial charge in [-0.3, -0.25) is 15.5 Å². The largest absolute Gasteiger partial charge is 0.493 e. The van der Waals surface area contributed by atoms with Crippen molar-refractivity contribution in [3.8, 4) is 11.5 Å². The Labute approximate surface area is 185 Å². The molecule has 3 aromatic rings. The molecule has 0 spiro atoms. The second kappa shape index (κ2) is 11.0. The zero-order valence-electron chi connectivity index (χ0n) is 17.0. The van der Waals surface area contributed by atoms with Crippen LogP contribution in [-0.2, 0) is 0 Å². The molecular formula is C23H22ClN3O4. The van der Waals surface area contributed by atoms with Crippen molar-refractivity contribution in [2.45, 2.75) is 13.3 Å². The number of hydrogen-bond donors (Lipinski definition) is 1. The molecule has 0 heterocycles. The Morgan fingerprint density at radius 1 is 1.06 bits per heavy atom. The molecule has 0 bridgehead atoms. The molecule has 3 aromatic carbocycles. The quantitative estimate of drug-likeness (QED) is 0.185. The van der Waals surface area contributed by atoms with Crippen molar-refractivity contribution in [3.63, 3.8) is 0 Å². The maximum atomic E-state index is 10.7. The molecule has 0 aliphatic rings. The molecule has 0 aliphatic heterocycles. The lowest BCUT2D eigenvalue weighted by molar-refractivity contribution is -0.384. The number of nitro groups is 1. The number of halogens is 1. The Hall–Kier alpha value is -3.58. The van der Waals surface area contributed by atoms with E-state index in [0.717, 1.165) is 21.9 Å². The van der Waals surface area contributed by atoms with Gasteiger partial charge in [-0.1, -0.05) is 23.7 Å². The molecule has 0 radical (unpaired) electrons. The maximum Gasteiger partial charge on any atom is 0.269 e. The van der Waals surface area contributed by atoms with Crippen LogP contribution in [0.4, 0.5) is 11.4 Å². The summed E-state index contributed by atoms with van der Waals surface area (Å²) in [5.74, 6) is 1.49. The predicted molar refractivity (Wildman–Crippen MR) is 123 cm³/mol. The lowest BCUT2D eigenvalue weighted by Crippen LogP contribution is -2.06. The van der Waals surface area contributed by atoms with Crippen molar-refractivity contribution in [2.24, 2.45) is 5.10 Å². The van der Waals surface area contributed by atoms with Gasteiger partial charge in [-0.15, -0.1) is 0 Å². The Bertz CT molecular complexity index is 1050. The van der Waals surface area contributed by atoms with Gasteiger partial charge in [-0.25, -0.2) is 0 Å². The minimum Gasteiger partial charge on any atom is -0.493 e. The third-order valence-corrected chi connectivity index (χ3v) is 4.76. The molecule has 0 aromatic heterocycles. The van der Waals surface area contributed by atoms with Crippen LogP contribution >= 0.6 is 11.6 Å². The van der Waals surface area contributed by atoms with Gasteiger partial charge in [0.2, 0.25) is 0 Å². The lowest BCUT2D eigenvalue weighted by atomic mass is 10.2. The van der Waals surface area contributed by atoms with Crippen molar-refractivity contribution in [3.05, 3.63) is 93.0 Å². The fourth-order valence-electron chi connectivity index (χ4n) is 2.69. The molecule has 0 fully saturated rings. The van der Waals surface area contributed by atoms with E-state index < -0.39 is 4.92 Å². The first-order valence-corrected chi connectivity index (χ1v) is 10.0. The Kier molecular flexibility index (Phi) is 7.84. The van der Waals surface area contributed by atoms with Gasteiger partial charge in [-0.05, 0) is 55.0 Å². The smallest absolute Gasteiger partial charge is 0.269 e. The zero-order valence-corrected chi connectivity index (χ0v) is 17.7. The monoisotopic (exact) mass is 439 g/mol. The average Bonchev–Trinajstić information content (AvgIpc) is 2.77. The fraction of sp³-hybridized carbons (Fsp3) is 0.174. The van der Waals surface area contributed by atoms with Crippen LogP contribution in [0.15, 0.2) is 71.8 Å². The third-order valence-electron chi connectivity index (χ3n) is 4.34. The first-order valence-electron chi connectivity index (χ1n) is 9.67. The highest BCUT2D eigenvalue weighted by Crippen LogP contribution is 2.21. The summed E-state index contributed by atoms with van der Waals surface area (Å²) in [7, 11) is 0. The first-order chi connectivity index (χ1) is 15.0. The fourth-order valence-corrected chi connectivity index (χ4v) is 2.81. The summed E-state index contributed by atoms with van der Waals surface area (Å²) in [5, 5.41) is 15.6. The number of anilines is 1. The number of nitro benzene ring substituents is 1. The number of para-hydroxylation sites is 1. The van der Waals surface area contributed by atoms with E-state index in [-0.39, 0.29) is 5.69 Å². The average molecular weight is 440 g/mol. The summed E-state index contributed by atoms with van der Waals surface area (Å²) in [6.45, 7) is 2.96. The van der Waals surface area contributed by atoms with Crippen LogP contribution in [0, 0.1) is 17.0 Å². The standard InChI is InChI=1S/C23H22ClN3O4/c1-17-15-21(11-12-22(17)24)30-13-4-14-31-23-6-3-2-5-18(23)16-25-26-19-7-9-20(10-8-19)27(28)29/h2-3,5-12,15-16,26H,4,13-14H2,1H3/b25-16+. The molecule has 160 valence electrons.